The summed E-state index contributed by atoms with van der Waals surface area (Å²) in [5.41, 5.74) is 2.55. The molecule has 13 nitrogen and oxygen atoms in total. The maximum Gasteiger partial charge on any atom is 0.355 e. The van der Waals surface area contributed by atoms with Crippen molar-refractivity contribution in [2.45, 2.75) is 90.5 Å². The molecule has 1 amide bonds. The summed E-state index contributed by atoms with van der Waals surface area (Å²) in [5, 5.41) is 12.8. The first-order valence-electron chi connectivity index (χ1n) is 17.4. The minimum absolute atomic E-state index is 0.0820. The number of esters is 3. The monoisotopic (exact) mass is 709 g/mol. The number of cyclic esters (lactones) is 1. The minimum Gasteiger partial charge on any atom is -0.480 e. The molecule has 0 unspecified atom stereocenters. The number of amides is 1. The number of hydrogen-bond donors (Lipinski definition) is 2. The molecule has 0 saturated carbocycles. The molecule has 2 aromatic carbocycles. The standard InChI is InChI=1S/C39H39N3O10/c1-4-10-34(45)52-39(6-3)28-19-31-35-26(20-42(31)36(46)27(28)21-50-38(39)49)24(5-2)25-18-23(13-14-29(25)41-35)51-33(44)16-15-32(43)40-30(37(47)48)17-22-11-8-7-9-12-22/h7-9,11-14,18-19,30H,4-6,10,15-17,20-21H2,1-3H3,(H,40,43)(H,47,48)/t30-,39-/m0/s1. The zero-order valence-electron chi connectivity index (χ0n) is 29.2. The number of carbonyl (C=O) groups is 5. The number of aromatic nitrogens is 2. The fourth-order valence-electron chi connectivity index (χ4n) is 6.93. The number of pyridine rings is 2. The highest BCUT2D eigenvalue weighted by atomic mass is 16.6. The highest BCUT2D eigenvalue weighted by Crippen LogP contribution is 2.42. The van der Waals surface area contributed by atoms with Crippen LogP contribution in [0.3, 0.4) is 0 Å². The van der Waals surface area contributed by atoms with Crippen LogP contribution in [-0.4, -0.2) is 50.5 Å². The fourth-order valence-corrected chi connectivity index (χ4v) is 6.93. The second-order valence-electron chi connectivity index (χ2n) is 12.9. The summed E-state index contributed by atoms with van der Waals surface area (Å²) < 4.78 is 18.3. The number of aliphatic carboxylic acids is 1. The number of nitrogens with zero attached hydrogens (tertiary/aromatic N) is 2. The summed E-state index contributed by atoms with van der Waals surface area (Å²) in [6.45, 7) is 5.47. The van der Waals surface area contributed by atoms with Crippen molar-refractivity contribution in [1.82, 2.24) is 14.9 Å². The molecule has 52 heavy (non-hydrogen) atoms. The smallest absolute Gasteiger partial charge is 0.355 e. The third kappa shape index (κ3) is 6.78. The van der Waals surface area contributed by atoms with Crippen LogP contribution >= 0.6 is 0 Å². The molecule has 0 fully saturated rings. The van der Waals surface area contributed by atoms with Gasteiger partial charge >= 0.3 is 23.9 Å². The third-order valence-corrected chi connectivity index (χ3v) is 9.54. The molecule has 13 heteroatoms. The van der Waals surface area contributed by atoms with E-state index in [0.717, 1.165) is 22.1 Å². The van der Waals surface area contributed by atoms with Gasteiger partial charge in [0.15, 0.2) is 0 Å². The van der Waals surface area contributed by atoms with E-state index in [9.17, 15) is 33.9 Å². The number of carboxylic acids is 1. The van der Waals surface area contributed by atoms with Gasteiger partial charge < -0.3 is 29.2 Å². The van der Waals surface area contributed by atoms with Gasteiger partial charge in [-0.05, 0) is 54.7 Å². The number of aryl methyl sites for hydroxylation is 1. The number of nitrogens with one attached hydrogen (secondary N) is 1. The van der Waals surface area contributed by atoms with Crippen LogP contribution in [0.4, 0.5) is 0 Å². The number of rotatable bonds is 13. The van der Waals surface area contributed by atoms with Crippen molar-refractivity contribution in [3.8, 4) is 17.1 Å². The van der Waals surface area contributed by atoms with E-state index in [1.165, 1.54) is 0 Å². The minimum atomic E-state index is -1.75. The van der Waals surface area contributed by atoms with Crippen LogP contribution in [0.5, 0.6) is 5.75 Å². The summed E-state index contributed by atoms with van der Waals surface area (Å²) in [5.74, 6) is -3.47. The van der Waals surface area contributed by atoms with Crippen LogP contribution in [0, 0.1) is 0 Å². The fraction of sp³-hybridized carbons (Fsp3) is 0.359. The molecule has 2 N–H and O–H groups in total. The van der Waals surface area contributed by atoms with Gasteiger partial charge in [-0.1, -0.05) is 51.1 Å². The first-order valence-corrected chi connectivity index (χ1v) is 17.4. The molecule has 2 aliphatic heterocycles. The van der Waals surface area contributed by atoms with E-state index in [-0.39, 0.29) is 62.1 Å². The molecule has 6 rings (SSSR count). The Labute approximate surface area is 298 Å². The maximum absolute atomic E-state index is 13.9. The Balaban J connectivity index is 1.23. The van der Waals surface area contributed by atoms with E-state index in [1.54, 1.807) is 60.0 Å². The van der Waals surface area contributed by atoms with Crippen molar-refractivity contribution in [1.29, 1.82) is 0 Å². The quantitative estimate of drug-likeness (QED) is 0.130. The molecule has 2 aliphatic rings. The van der Waals surface area contributed by atoms with Crippen LogP contribution in [0.2, 0.25) is 0 Å². The summed E-state index contributed by atoms with van der Waals surface area (Å²) in [7, 11) is 0. The van der Waals surface area contributed by atoms with Gasteiger partial charge in [0.25, 0.3) is 5.56 Å². The Hall–Kier alpha value is -5.85. The number of benzene rings is 2. The van der Waals surface area contributed by atoms with Crippen molar-refractivity contribution in [3.05, 3.63) is 92.8 Å². The average Bonchev–Trinajstić information content (AvgIpc) is 3.49. The second-order valence-corrected chi connectivity index (χ2v) is 12.9. The van der Waals surface area contributed by atoms with Crippen LogP contribution in [0.25, 0.3) is 22.3 Å². The predicted molar refractivity (Wildman–Crippen MR) is 187 cm³/mol. The lowest BCUT2D eigenvalue weighted by Crippen LogP contribution is -2.47. The van der Waals surface area contributed by atoms with Gasteiger partial charge in [-0.15, -0.1) is 0 Å². The van der Waals surface area contributed by atoms with Crippen molar-refractivity contribution >= 4 is 40.7 Å². The summed E-state index contributed by atoms with van der Waals surface area (Å²) >= 11 is 0. The lowest BCUT2D eigenvalue weighted by molar-refractivity contribution is -0.189. The van der Waals surface area contributed by atoms with Gasteiger partial charge in [-0.2, -0.15) is 0 Å². The number of fused-ring (bicyclic) bond motifs is 5. The topological polar surface area (TPSA) is 180 Å². The predicted octanol–water partition coefficient (Wildman–Crippen LogP) is 4.49. The van der Waals surface area contributed by atoms with Crippen LogP contribution in [0.1, 0.15) is 80.7 Å². The molecule has 4 aromatic rings. The molecule has 0 aliphatic carbocycles. The van der Waals surface area contributed by atoms with E-state index in [4.69, 9.17) is 19.2 Å². The van der Waals surface area contributed by atoms with Crippen molar-refractivity contribution in [3.63, 3.8) is 0 Å². The average molecular weight is 710 g/mol. The highest BCUT2D eigenvalue weighted by Gasteiger charge is 2.50. The summed E-state index contributed by atoms with van der Waals surface area (Å²) in [4.78, 5) is 81.8. The summed E-state index contributed by atoms with van der Waals surface area (Å²) in [6.07, 6.45) is 0.853. The first-order chi connectivity index (χ1) is 25.0. The molecule has 270 valence electrons. The van der Waals surface area contributed by atoms with Crippen molar-refractivity contribution < 1.29 is 43.3 Å². The lowest BCUT2D eigenvalue weighted by atomic mass is 9.85. The molecule has 0 radical (unpaired) electrons. The van der Waals surface area contributed by atoms with Crippen LogP contribution in [0.15, 0.2) is 59.4 Å². The normalized spacial score (nSPS) is 16.2. The zero-order chi connectivity index (χ0) is 37.2. The number of ether oxygens (including phenoxy) is 3. The van der Waals surface area contributed by atoms with Gasteiger partial charge in [0.1, 0.15) is 18.4 Å². The summed E-state index contributed by atoms with van der Waals surface area (Å²) in [6, 6.07) is 14.5. The Bertz CT molecular complexity index is 2160. The molecule has 2 aromatic heterocycles. The van der Waals surface area contributed by atoms with Crippen LogP contribution < -0.4 is 15.6 Å². The Morgan fingerprint density at radius 3 is 2.44 bits per heavy atom. The largest absolute Gasteiger partial charge is 0.480 e. The Kier molecular flexibility index (Phi) is 10.2. The number of carboxylic acid groups (broad SMARTS) is 1. The van der Waals surface area contributed by atoms with Crippen molar-refractivity contribution in [2.24, 2.45) is 0 Å². The molecule has 4 heterocycles. The van der Waals surface area contributed by atoms with E-state index in [1.807, 2.05) is 19.9 Å². The molecular weight excluding hydrogens is 670 g/mol. The van der Waals surface area contributed by atoms with Gasteiger partial charge in [-0.25, -0.2) is 14.6 Å². The molecular formula is C39H39N3O10. The van der Waals surface area contributed by atoms with Crippen molar-refractivity contribution in [2.75, 3.05) is 0 Å². The van der Waals surface area contributed by atoms with E-state index in [2.05, 4.69) is 5.32 Å². The van der Waals surface area contributed by atoms with Gasteiger partial charge in [-0.3, -0.25) is 19.2 Å². The lowest BCUT2D eigenvalue weighted by Gasteiger charge is -2.35. The Morgan fingerprint density at radius 2 is 1.75 bits per heavy atom. The zero-order valence-corrected chi connectivity index (χ0v) is 29.2. The molecule has 0 saturated heterocycles. The third-order valence-electron chi connectivity index (χ3n) is 9.54. The molecule has 2 atom stereocenters. The van der Waals surface area contributed by atoms with Crippen LogP contribution in [-0.2, 0) is 65.0 Å². The van der Waals surface area contributed by atoms with Gasteiger partial charge in [0, 0.05) is 35.8 Å². The Morgan fingerprint density at radius 1 is 0.981 bits per heavy atom. The molecule has 0 spiro atoms. The van der Waals surface area contributed by atoms with E-state index in [0.29, 0.717) is 35.3 Å². The SMILES string of the molecule is CCCC(=O)O[C@]1(CC)C(=O)OCc2c1cc1n(c2=O)Cc2c-1nc1ccc(OC(=O)CCC(=O)N[C@@H](Cc3ccccc3)C(=O)O)cc1c2CC. The number of carbonyl (C=O) groups excluding carboxylic acids is 4. The van der Waals surface area contributed by atoms with Gasteiger partial charge in [0.2, 0.25) is 11.5 Å². The maximum atomic E-state index is 13.9. The number of hydrogen-bond acceptors (Lipinski definition) is 10. The highest BCUT2D eigenvalue weighted by molar-refractivity contribution is 5.91. The van der Waals surface area contributed by atoms with E-state index < -0.39 is 41.4 Å². The second kappa shape index (κ2) is 14.8. The van der Waals surface area contributed by atoms with E-state index >= 15 is 0 Å². The first kappa shape index (κ1) is 36.0. The molecule has 0 bridgehead atoms. The van der Waals surface area contributed by atoms with Gasteiger partial charge in [0.05, 0.1) is 35.4 Å².